The summed E-state index contributed by atoms with van der Waals surface area (Å²) in [6.45, 7) is 0. The predicted octanol–water partition coefficient (Wildman–Crippen LogP) is -0.503. The second-order valence-electron chi connectivity index (χ2n) is 3.92. The molecule has 2 aromatic rings. The molecule has 1 aromatic carbocycles. The summed E-state index contributed by atoms with van der Waals surface area (Å²) >= 11 is 0. The SMILES string of the molecule is O=C(Cc1nn[nH]n1)ON1C(=O)c2ccccc2C1=O. The number of aromatic amines is 1. The predicted molar refractivity (Wildman–Crippen MR) is 60.9 cm³/mol. The van der Waals surface area contributed by atoms with E-state index in [0.29, 0.717) is 5.06 Å². The number of hydrogen-bond acceptors (Lipinski definition) is 7. The average molecular weight is 273 g/mol. The van der Waals surface area contributed by atoms with Crippen molar-refractivity contribution in [1.29, 1.82) is 0 Å². The molecular formula is C11H7N5O4. The van der Waals surface area contributed by atoms with Gasteiger partial charge in [0.15, 0.2) is 5.82 Å². The van der Waals surface area contributed by atoms with Crippen LogP contribution < -0.4 is 0 Å². The summed E-state index contributed by atoms with van der Waals surface area (Å²) in [6.07, 6.45) is -0.302. The van der Waals surface area contributed by atoms with Crippen LogP contribution in [0.25, 0.3) is 0 Å². The van der Waals surface area contributed by atoms with Crippen molar-refractivity contribution in [2.24, 2.45) is 0 Å². The van der Waals surface area contributed by atoms with Crippen LogP contribution in [0.3, 0.4) is 0 Å². The lowest BCUT2D eigenvalue weighted by atomic mass is 10.1. The van der Waals surface area contributed by atoms with Gasteiger partial charge in [-0.2, -0.15) is 5.21 Å². The van der Waals surface area contributed by atoms with Gasteiger partial charge in [-0.3, -0.25) is 9.59 Å². The van der Waals surface area contributed by atoms with Gasteiger partial charge in [0, 0.05) is 0 Å². The van der Waals surface area contributed by atoms with Crippen molar-refractivity contribution in [2.75, 3.05) is 0 Å². The van der Waals surface area contributed by atoms with Crippen molar-refractivity contribution < 1.29 is 19.2 Å². The van der Waals surface area contributed by atoms with Crippen LogP contribution in [0, 0.1) is 0 Å². The third-order valence-corrected chi connectivity index (χ3v) is 2.64. The van der Waals surface area contributed by atoms with E-state index in [1.54, 1.807) is 12.1 Å². The van der Waals surface area contributed by atoms with E-state index in [2.05, 4.69) is 20.6 Å². The average Bonchev–Trinajstić information content (AvgIpc) is 3.03. The molecule has 0 aliphatic carbocycles. The van der Waals surface area contributed by atoms with Crippen LogP contribution in [0.1, 0.15) is 26.5 Å². The lowest BCUT2D eigenvalue weighted by molar-refractivity contribution is -0.167. The van der Waals surface area contributed by atoms with E-state index in [4.69, 9.17) is 4.84 Å². The lowest BCUT2D eigenvalue weighted by Crippen LogP contribution is -2.33. The number of carbonyl (C=O) groups is 3. The first-order valence-electron chi connectivity index (χ1n) is 5.58. The van der Waals surface area contributed by atoms with Crippen LogP contribution in [0.2, 0.25) is 0 Å². The van der Waals surface area contributed by atoms with Gasteiger partial charge in [-0.1, -0.05) is 22.4 Å². The zero-order valence-corrected chi connectivity index (χ0v) is 9.94. The number of benzene rings is 1. The van der Waals surface area contributed by atoms with E-state index >= 15 is 0 Å². The van der Waals surface area contributed by atoms with E-state index in [-0.39, 0.29) is 23.4 Å². The number of amides is 2. The number of imide groups is 1. The van der Waals surface area contributed by atoms with Crippen molar-refractivity contribution in [3.05, 3.63) is 41.2 Å². The molecule has 1 aromatic heterocycles. The van der Waals surface area contributed by atoms with Gasteiger partial charge in [-0.15, -0.1) is 10.2 Å². The van der Waals surface area contributed by atoms with E-state index < -0.39 is 17.8 Å². The Hall–Kier alpha value is -3.10. The van der Waals surface area contributed by atoms with Crippen molar-refractivity contribution in [1.82, 2.24) is 25.7 Å². The largest absolute Gasteiger partial charge is 0.340 e. The highest BCUT2D eigenvalue weighted by atomic mass is 16.7. The Kier molecular flexibility index (Phi) is 2.71. The van der Waals surface area contributed by atoms with E-state index in [1.807, 2.05) is 0 Å². The molecule has 20 heavy (non-hydrogen) atoms. The maximum absolute atomic E-state index is 11.9. The van der Waals surface area contributed by atoms with Gasteiger partial charge in [-0.05, 0) is 12.1 Å². The molecule has 9 nitrogen and oxygen atoms in total. The van der Waals surface area contributed by atoms with Gasteiger partial charge in [0.05, 0.1) is 11.1 Å². The van der Waals surface area contributed by atoms with Gasteiger partial charge in [0.25, 0.3) is 11.8 Å². The monoisotopic (exact) mass is 273 g/mol. The molecule has 1 N–H and O–H groups in total. The number of aromatic nitrogens is 4. The number of nitrogens with one attached hydrogen (secondary N) is 1. The molecule has 0 saturated heterocycles. The molecule has 100 valence electrons. The van der Waals surface area contributed by atoms with Crippen LogP contribution in [-0.2, 0) is 16.1 Å². The van der Waals surface area contributed by atoms with Crippen LogP contribution in [-0.4, -0.2) is 43.5 Å². The molecule has 0 radical (unpaired) electrons. The van der Waals surface area contributed by atoms with Gasteiger partial charge in [0.2, 0.25) is 0 Å². The standard InChI is InChI=1S/C11H7N5O4/c17-9(5-8-12-14-15-13-8)20-16-10(18)6-3-1-2-4-7(6)11(16)19/h1-4H,5H2,(H,12,13,14,15). The topological polar surface area (TPSA) is 118 Å². The van der Waals surface area contributed by atoms with Crippen LogP contribution in [0.4, 0.5) is 0 Å². The number of nitrogens with zero attached hydrogens (tertiary/aromatic N) is 4. The summed E-state index contributed by atoms with van der Waals surface area (Å²) in [5.74, 6) is -2.08. The highest BCUT2D eigenvalue weighted by molar-refractivity contribution is 6.20. The first-order chi connectivity index (χ1) is 9.66. The van der Waals surface area contributed by atoms with Gasteiger partial charge < -0.3 is 4.84 Å². The second kappa shape index (κ2) is 4.53. The number of H-pyrrole nitrogens is 1. The molecule has 0 atom stereocenters. The van der Waals surface area contributed by atoms with Gasteiger partial charge in [0.1, 0.15) is 6.42 Å². The minimum atomic E-state index is -0.832. The molecule has 0 spiro atoms. The maximum atomic E-state index is 11.9. The fourth-order valence-electron chi connectivity index (χ4n) is 1.77. The summed E-state index contributed by atoms with van der Waals surface area (Å²) in [5, 5.41) is 13.0. The smallest absolute Gasteiger partial charge is 0.329 e. The van der Waals surface area contributed by atoms with Crippen molar-refractivity contribution in [3.63, 3.8) is 0 Å². The van der Waals surface area contributed by atoms with Crippen LogP contribution in [0.15, 0.2) is 24.3 Å². The number of rotatable bonds is 3. The minimum Gasteiger partial charge on any atom is -0.329 e. The summed E-state index contributed by atoms with van der Waals surface area (Å²) < 4.78 is 0. The fourth-order valence-corrected chi connectivity index (χ4v) is 1.77. The second-order valence-corrected chi connectivity index (χ2v) is 3.92. The summed E-state index contributed by atoms with van der Waals surface area (Å²) in [4.78, 5) is 40.2. The molecule has 0 bridgehead atoms. The highest BCUT2D eigenvalue weighted by Gasteiger charge is 2.38. The summed E-state index contributed by atoms with van der Waals surface area (Å²) in [7, 11) is 0. The molecule has 2 heterocycles. The molecule has 9 heteroatoms. The van der Waals surface area contributed by atoms with E-state index in [0.717, 1.165) is 0 Å². The zero-order chi connectivity index (χ0) is 14.1. The first-order valence-corrected chi connectivity index (χ1v) is 5.58. The third kappa shape index (κ3) is 1.90. The molecule has 0 unspecified atom stereocenters. The highest BCUT2D eigenvalue weighted by Crippen LogP contribution is 2.22. The third-order valence-electron chi connectivity index (χ3n) is 2.64. The number of carbonyl (C=O) groups excluding carboxylic acids is 3. The Morgan fingerprint density at radius 1 is 1.20 bits per heavy atom. The number of fused-ring (bicyclic) bond motifs is 1. The van der Waals surface area contributed by atoms with Crippen LogP contribution in [0.5, 0.6) is 0 Å². The van der Waals surface area contributed by atoms with Crippen LogP contribution >= 0.6 is 0 Å². The molecule has 3 rings (SSSR count). The molecule has 2 amide bonds. The van der Waals surface area contributed by atoms with E-state index in [9.17, 15) is 14.4 Å². The Bertz CT molecular complexity index is 662. The lowest BCUT2D eigenvalue weighted by Gasteiger charge is -2.11. The Balaban J connectivity index is 1.75. The molecule has 0 saturated carbocycles. The van der Waals surface area contributed by atoms with Gasteiger partial charge >= 0.3 is 5.97 Å². The first kappa shape index (κ1) is 12.0. The Morgan fingerprint density at radius 2 is 1.85 bits per heavy atom. The van der Waals surface area contributed by atoms with Gasteiger partial charge in [-0.25, -0.2) is 4.79 Å². The molecule has 1 aliphatic rings. The quantitative estimate of drug-likeness (QED) is 0.748. The Morgan fingerprint density at radius 3 is 2.40 bits per heavy atom. The number of hydroxylamine groups is 2. The normalized spacial score (nSPS) is 13.5. The van der Waals surface area contributed by atoms with Crippen molar-refractivity contribution in [2.45, 2.75) is 6.42 Å². The zero-order valence-electron chi connectivity index (χ0n) is 9.94. The molecule has 1 aliphatic heterocycles. The van der Waals surface area contributed by atoms with E-state index in [1.165, 1.54) is 12.1 Å². The summed E-state index contributed by atoms with van der Waals surface area (Å²) in [6, 6.07) is 6.22. The Labute approximate surface area is 111 Å². The van der Waals surface area contributed by atoms with Crippen molar-refractivity contribution in [3.8, 4) is 0 Å². The fraction of sp³-hybridized carbons (Fsp3) is 0.0909. The minimum absolute atomic E-state index is 0.103. The number of tetrazole rings is 1. The maximum Gasteiger partial charge on any atom is 0.340 e. The number of hydrogen-bond donors (Lipinski definition) is 1. The summed E-state index contributed by atoms with van der Waals surface area (Å²) in [5.41, 5.74) is 0.398. The van der Waals surface area contributed by atoms with Crippen molar-refractivity contribution >= 4 is 17.8 Å². The molecular weight excluding hydrogens is 266 g/mol. The molecule has 0 fully saturated rings.